The summed E-state index contributed by atoms with van der Waals surface area (Å²) in [5.74, 6) is 0. The van der Waals surface area contributed by atoms with E-state index >= 15 is 0 Å². The Labute approximate surface area is 248 Å². The molecular formula is C37H37IrN-2. The number of benzene rings is 4. The largest absolute Gasteiger partial charge is 0.683 e. The van der Waals surface area contributed by atoms with Crippen LogP contribution < -0.4 is 0 Å². The summed E-state index contributed by atoms with van der Waals surface area (Å²) in [6.45, 7) is 13.6. The summed E-state index contributed by atoms with van der Waals surface area (Å²) in [7, 11) is 0. The molecule has 1 radical (unpaired) electrons. The van der Waals surface area contributed by atoms with E-state index in [-0.39, 0.29) is 37.0 Å². The zero-order valence-electron chi connectivity index (χ0n) is 23.8. The fraction of sp³-hybridized carbons (Fsp3) is 0.243. The van der Waals surface area contributed by atoms with E-state index in [0.29, 0.717) is 0 Å². The molecule has 0 bridgehead atoms. The molecule has 0 saturated carbocycles. The molecule has 1 atom stereocenters. The van der Waals surface area contributed by atoms with Gasteiger partial charge in [-0.1, -0.05) is 114 Å². The second-order valence-corrected chi connectivity index (χ2v) is 12.3. The van der Waals surface area contributed by atoms with Crippen LogP contribution in [0.3, 0.4) is 0 Å². The van der Waals surface area contributed by atoms with Crippen molar-refractivity contribution in [3.63, 3.8) is 0 Å². The summed E-state index contributed by atoms with van der Waals surface area (Å²) in [6, 6.07) is 34.9. The van der Waals surface area contributed by atoms with Crippen LogP contribution in [0, 0.1) is 6.07 Å². The summed E-state index contributed by atoms with van der Waals surface area (Å²) in [5.41, 5.74) is 11.3. The Bertz CT molecular complexity index is 1400. The standard InChI is InChI=1S/C37H37N.Ir/c1-36(2,3)33-17-13-26(14-18-33)30-23-31(27-15-19-34(20-16-27)37(4,5)6)25-32(24-30)28-10-9-11-29(22-28)35-12-7-8-21-38-35;/h7-10,12-25,35H,1-6H3;/q-2;. The average molecular weight is 688 g/mol. The van der Waals surface area contributed by atoms with Crippen LogP contribution in [0.15, 0.2) is 109 Å². The first-order chi connectivity index (χ1) is 18.1. The van der Waals surface area contributed by atoms with E-state index < -0.39 is 0 Å². The second-order valence-electron chi connectivity index (χ2n) is 12.3. The molecule has 1 nitrogen and oxygen atoms in total. The van der Waals surface area contributed by atoms with Crippen LogP contribution in [0.5, 0.6) is 0 Å². The van der Waals surface area contributed by atoms with Crippen LogP contribution in [0.2, 0.25) is 0 Å². The fourth-order valence-electron chi connectivity index (χ4n) is 4.88. The second kappa shape index (κ2) is 11.5. The monoisotopic (exact) mass is 688 g/mol. The van der Waals surface area contributed by atoms with Gasteiger partial charge in [-0.25, -0.2) is 0 Å². The SMILES string of the molecule is CC(C)(C)c1ccc(-c2cc(-c3ccc(C(C)(C)C)cc3)cc(-c3cc[c-]c(C4C=CC=C[N-]4)c3)c2)cc1.[Ir]. The van der Waals surface area contributed by atoms with Crippen LogP contribution >= 0.6 is 0 Å². The summed E-state index contributed by atoms with van der Waals surface area (Å²) in [6.07, 6.45) is 8.00. The van der Waals surface area contributed by atoms with Gasteiger partial charge in [0.25, 0.3) is 0 Å². The van der Waals surface area contributed by atoms with Gasteiger partial charge in [-0.15, -0.1) is 5.56 Å². The van der Waals surface area contributed by atoms with Crippen LogP contribution in [0.1, 0.15) is 64.3 Å². The molecule has 1 heterocycles. The first kappa shape index (κ1) is 28.8. The molecule has 1 aliphatic heterocycles. The zero-order chi connectivity index (χ0) is 26.9. The van der Waals surface area contributed by atoms with Gasteiger partial charge in [0.15, 0.2) is 0 Å². The number of hydrogen-bond acceptors (Lipinski definition) is 0. The third-order valence-corrected chi connectivity index (χ3v) is 7.31. The normalized spacial score (nSPS) is 15.0. The maximum atomic E-state index is 4.62. The van der Waals surface area contributed by atoms with E-state index in [2.05, 4.69) is 144 Å². The molecule has 2 heteroatoms. The Kier molecular flexibility index (Phi) is 8.50. The van der Waals surface area contributed by atoms with Gasteiger partial charge in [-0.2, -0.15) is 36.0 Å². The number of nitrogens with zero attached hydrogens (tertiary/aromatic N) is 1. The molecule has 0 spiro atoms. The maximum Gasteiger partial charge on any atom is 0 e. The molecule has 39 heavy (non-hydrogen) atoms. The fourth-order valence-corrected chi connectivity index (χ4v) is 4.88. The molecule has 1 aliphatic rings. The Morgan fingerprint density at radius 2 is 1.05 bits per heavy atom. The molecule has 1 unspecified atom stereocenters. The van der Waals surface area contributed by atoms with Gasteiger partial charge in [0.1, 0.15) is 0 Å². The van der Waals surface area contributed by atoms with Crippen molar-refractivity contribution in [2.24, 2.45) is 0 Å². The van der Waals surface area contributed by atoms with E-state index in [1.54, 1.807) is 0 Å². The molecule has 0 amide bonds. The third kappa shape index (κ3) is 6.70. The molecule has 0 N–H and O–H groups in total. The minimum Gasteiger partial charge on any atom is -0.683 e. The molecular weight excluding hydrogens is 651 g/mol. The first-order valence-corrected chi connectivity index (χ1v) is 13.5. The molecule has 201 valence electrons. The minimum atomic E-state index is 0. The maximum absolute atomic E-state index is 4.62. The van der Waals surface area contributed by atoms with Crippen LogP contribution in [-0.4, -0.2) is 0 Å². The smallest absolute Gasteiger partial charge is 0 e. The van der Waals surface area contributed by atoms with E-state index in [0.717, 1.165) is 5.56 Å². The predicted molar refractivity (Wildman–Crippen MR) is 163 cm³/mol. The molecule has 0 saturated heterocycles. The Hall–Kier alpha value is -3.19. The van der Waals surface area contributed by atoms with E-state index in [4.69, 9.17) is 0 Å². The average Bonchev–Trinajstić information content (AvgIpc) is 2.92. The molecule has 0 aromatic heterocycles. The summed E-state index contributed by atoms with van der Waals surface area (Å²) in [4.78, 5) is 0. The first-order valence-electron chi connectivity index (χ1n) is 13.5. The van der Waals surface area contributed by atoms with Gasteiger partial charge in [-0.05, 0) is 68.0 Å². The summed E-state index contributed by atoms with van der Waals surface area (Å²) < 4.78 is 0. The van der Waals surface area contributed by atoms with Crippen LogP contribution in [0.4, 0.5) is 0 Å². The molecule has 4 aromatic carbocycles. The van der Waals surface area contributed by atoms with Crippen molar-refractivity contribution in [1.82, 2.24) is 0 Å². The third-order valence-electron chi connectivity index (χ3n) is 7.31. The minimum absolute atomic E-state index is 0. The van der Waals surface area contributed by atoms with Gasteiger partial charge >= 0.3 is 0 Å². The Balaban J connectivity index is 0.00000353. The Morgan fingerprint density at radius 3 is 1.49 bits per heavy atom. The van der Waals surface area contributed by atoms with Gasteiger partial charge in [0.05, 0.1) is 0 Å². The van der Waals surface area contributed by atoms with E-state index in [1.807, 2.05) is 18.3 Å². The zero-order valence-corrected chi connectivity index (χ0v) is 26.1. The van der Waals surface area contributed by atoms with Crippen molar-refractivity contribution >= 4 is 0 Å². The topological polar surface area (TPSA) is 14.1 Å². The molecule has 0 aliphatic carbocycles. The van der Waals surface area contributed by atoms with Crippen molar-refractivity contribution in [1.29, 1.82) is 0 Å². The predicted octanol–water partition coefficient (Wildman–Crippen LogP) is 10.6. The van der Waals surface area contributed by atoms with Crippen molar-refractivity contribution in [3.8, 4) is 33.4 Å². The number of hydrogen-bond donors (Lipinski definition) is 0. The van der Waals surface area contributed by atoms with Crippen molar-refractivity contribution in [3.05, 3.63) is 137 Å². The van der Waals surface area contributed by atoms with Gasteiger partial charge < -0.3 is 5.32 Å². The Morgan fingerprint density at radius 1 is 0.564 bits per heavy atom. The molecule has 0 fully saturated rings. The number of rotatable bonds is 4. The summed E-state index contributed by atoms with van der Waals surface area (Å²) >= 11 is 0. The van der Waals surface area contributed by atoms with E-state index in [1.165, 1.54) is 44.5 Å². The van der Waals surface area contributed by atoms with Crippen molar-refractivity contribution in [2.45, 2.75) is 58.4 Å². The van der Waals surface area contributed by atoms with E-state index in [9.17, 15) is 0 Å². The van der Waals surface area contributed by atoms with Crippen molar-refractivity contribution < 1.29 is 20.1 Å². The van der Waals surface area contributed by atoms with Gasteiger partial charge in [0, 0.05) is 20.1 Å². The van der Waals surface area contributed by atoms with Crippen molar-refractivity contribution in [2.75, 3.05) is 0 Å². The number of allylic oxidation sites excluding steroid dienone is 2. The molecule has 4 aromatic rings. The van der Waals surface area contributed by atoms with Gasteiger partial charge in [-0.3, -0.25) is 0 Å². The van der Waals surface area contributed by atoms with Crippen LogP contribution in [-0.2, 0) is 30.9 Å². The summed E-state index contributed by atoms with van der Waals surface area (Å²) in [5, 5.41) is 4.62. The van der Waals surface area contributed by atoms with Gasteiger partial charge in [0.2, 0.25) is 0 Å². The quantitative estimate of drug-likeness (QED) is 0.190. The van der Waals surface area contributed by atoms with Crippen LogP contribution in [0.25, 0.3) is 38.7 Å². The molecule has 5 rings (SSSR count).